The van der Waals surface area contributed by atoms with E-state index in [1.165, 1.54) is 6.07 Å². The lowest BCUT2D eigenvalue weighted by atomic mass is 10.0. The molecular weight excluding hydrogens is 219 g/mol. The number of rotatable bonds is 2. The molecule has 0 spiro atoms. The monoisotopic (exact) mass is 236 g/mol. The van der Waals surface area contributed by atoms with Crippen LogP contribution in [-0.2, 0) is 4.74 Å². The Balaban J connectivity index is 1.98. The first-order chi connectivity index (χ1) is 8.15. The first-order valence-electron chi connectivity index (χ1n) is 6.20. The molecule has 0 unspecified atom stereocenters. The smallest absolute Gasteiger partial charge is 0.214 e. The first kappa shape index (κ1) is 11.0. The van der Waals surface area contributed by atoms with Crippen molar-refractivity contribution in [1.29, 1.82) is 0 Å². The standard InChI is InChI=1S/C13H17FN2O/c1-8(2)11-3-4-12(14)15-13(11)16-6-10-5-9(16)7-17-10/h3-4,8-10H,5-7H2,1-2H3/t9-,10-/m0/s1. The van der Waals surface area contributed by atoms with E-state index in [-0.39, 0.29) is 0 Å². The molecular formula is C13H17FN2O. The maximum Gasteiger partial charge on any atom is 0.214 e. The van der Waals surface area contributed by atoms with E-state index in [1.54, 1.807) is 0 Å². The molecule has 0 aromatic carbocycles. The van der Waals surface area contributed by atoms with Gasteiger partial charge in [-0.2, -0.15) is 4.39 Å². The fourth-order valence-corrected chi connectivity index (χ4v) is 2.78. The third-order valence-corrected chi connectivity index (χ3v) is 3.67. The molecule has 2 bridgehead atoms. The number of hydrogen-bond acceptors (Lipinski definition) is 3. The van der Waals surface area contributed by atoms with Gasteiger partial charge in [0.05, 0.1) is 18.8 Å². The van der Waals surface area contributed by atoms with Crippen LogP contribution >= 0.6 is 0 Å². The van der Waals surface area contributed by atoms with E-state index in [2.05, 4.69) is 23.7 Å². The quantitative estimate of drug-likeness (QED) is 0.737. The summed E-state index contributed by atoms with van der Waals surface area (Å²) in [5.41, 5.74) is 1.12. The lowest BCUT2D eigenvalue weighted by molar-refractivity contribution is 0.0987. The van der Waals surface area contributed by atoms with E-state index < -0.39 is 5.95 Å². The van der Waals surface area contributed by atoms with Crippen LogP contribution in [0.2, 0.25) is 0 Å². The Morgan fingerprint density at radius 3 is 2.88 bits per heavy atom. The predicted octanol–water partition coefficient (Wildman–Crippen LogP) is 2.32. The molecule has 2 aliphatic rings. The van der Waals surface area contributed by atoms with Gasteiger partial charge in [0.25, 0.3) is 0 Å². The van der Waals surface area contributed by atoms with Crippen molar-refractivity contribution in [3.63, 3.8) is 0 Å². The summed E-state index contributed by atoms with van der Waals surface area (Å²) in [5.74, 6) is 0.780. The molecule has 92 valence electrons. The molecule has 2 aliphatic heterocycles. The number of hydrogen-bond donors (Lipinski definition) is 0. The van der Waals surface area contributed by atoms with E-state index in [1.807, 2.05) is 6.07 Å². The largest absolute Gasteiger partial charge is 0.374 e. The van der Waals surface area contributed by atoms with Crippen LogP contribution in [0.15, 0.2) is 12.1 Å². The summed E-state index contributed by atoms with van der Waals surface area (Å²) in [5, 5.41) is 0. The van der Waals surface area contributed by atoms with Gasteiger partial charge in [0.1, 0.15) is 5.82 Å². The van der Waals surface area contributed by atoms with Gasteiger partial charge in [-0.3, -0.25) is 0 Å². The number of anilines is 1. The van der Waals surface area contributed by atoms with E-state index >= 15 is 0 Å². The summed E-state index contributed by atoms with van der Waals surface area (Å²) in [6.07, 6.45) is 1.36. The normalized spacial score (nSPS) is 27.2. The Morgan fingerprint density at radius 2 is 2.29 bits per heavy atom. The molecule has 3 rings (SSSR count). The zero-order chi connectivity index (χ0) is 12.0. The lowest BCUT2D eigenvalue weighted by Gasteiger charge is -2.30. The Bertz CT molecular complexity index is 435. The zero-order valence-electron chi connectivity index (χ0n) is 10.2. The van der Waals surface area contributed by atoms with Crippen molar-refractivity contribution in [2.24, 2.45) is 0 Å². The average molecular weight is 236 g/mol. The minimum Gasteiger partial charge on any atom is -0.374 e. The van der Waals surface area contributed by atoms with Crippen molar-refractivity contribution in [2.75, 3.05) is 18.1 Å². The highest BCUT2D eigenvalue weighted by molar-refractivity contribution is 5.51. The van der Waals surface area contributed by atoms with E-state index in [0.29, 0.717) is 18.1 Å². The van der Waals surface area contributed by atoms with E-state index in [4.69, 9.17) is 4.74 Å². The van der Waals surface area contributed by atoms with Gasteiger partial charge < -0.3 is 9.64 Å². The van der Waals surface area contributed by atoms with Gasteiger partial charge in [0.2, 0.25) is 5.95 Å². The van der Waals surface area contributed by atoms with Crippen LogP contribution < -0.4 is 4.90 Å². The van der Waals surface area contributed by atoms with Crippen LogP contribution in [0, 0.1) is 5.95 Å². The van der Waals surface area contributed by atoms with Crippen molar-refractivity contribution in [2.45, 2.75) is 38.3 Å². The van der Waals surface area contributed by atoms with Crippen LogP contribution in [0.1, 0.15) is 31.7 Å². The molecule has 17 heavy (non-hydrogen) atoms. The van der Waals surface area contributed by atoms with Crippen LogP contribution in [0.25, 0.3) is 0 Å². The Morgan fingerprint density at radius 1 is 1.47 bits per heavy atom. The first-order valence-corrected chi connectivity index (χ1v) is 6.20. The molecule has 2 saturated heterocycles. The second-order valence-corrected chi connectivity index (χ2v) is 5.20. The highest BCUT2D eigenvalue weighted by Crippen LogP contribution is 2.35. The van der Waals surface area contributed by atoms with Gasteiger partial charge in [-0.15, -0.1) is 0 Å². The Hall–Kier alpha value is -1.16. The average Bonchev–Trinajstić information content (AvgIpc) is 2.90. The van der Waals surface area contributed by atoms with Gasteiger partial charge in [-0.25, -0.2) is 4.98 Å². The van der Waals surface area contributed by atoms with Crippen molar-refractivity contribution >= 4 is 5.82 Å². The highest BCUT2D eigenvalue weighted by Gasteiger charge is 2.40. The third-order valence-electron chi connectivity index (χ3n) is 3.67. The third kappa shape index (κ3) is 1.80. The molecule has 0 aliphatic carbocycles. The zero-order valence-corrected chi connectivity index (χ0v) is 10.2. The van der Waals surface area contributed by atoms with Gasteiger partial charge in [-0.05, 0) is 24.0 Å². The van der Waals surface area contributed by atoms with Gasteiger partial charge in [0.15, 0.2) is 0 Å². The van der Waals surface area contributed by atoms with Crippen LogP contribution in [-0.4, -0.2) is 30.3 Å². The number of ether oxygens (including phenoxy) is 1. The van der Waals surface area contributed by atoms with Crippen LogP contribution in [0.4, 0.5) is 10.2 Å². The van der Waals surface area contributed by atoms with E-state index in [0.717, 1.165) is 31.0 Å². The van der Waals surface area contributed by atoms with Crippen LogP contribution in [0.3, 0.4) is 0 Å². The molecule has 0 radical (unpaired) electrons. The summed E-state index contributed by atoms with van der Waals surface area (Å²) < 4.78 is 18.9. The molecule has 3 nitrogen and oxygen atoms in total. The van der Waals surface area contributed by atoms with Crippen LogP contribution in [0.5, 0.6) is 0 Å². The molecule has 3 heterocycles. The summed E-state index contributed by atoms with van der Waals surface area (Å²) in [4.78, 5) is 6.31. The molecule has 4 heteroatoms. The molecule has 0 saturated carbocycles. The molecule has 1 aromatic heterocycles. The second-order valence-electron chi connectivity index (χ2n) is 5.20. The van der Waals surface area contributed by atoms with E-state index in [9.17, 15) is 4.39 Å². The maximum atomic E-state index is 13.3. The number of morpholine rings is 1. The lowest BCUT2D eigenvalue weighted by Crippen LogP contribution is -2.38. The topological polar surface area (TPSA) is 25.4 Å². The number of nitrogens with zero attached hydrogens (tertiary/aromatic N) is 2. The summed E-state index contributed by atoms with van der Waals surface area (Å²) in [6.45, 7) is 5.83. The Labute approximate surface area is 101 Å². The number of halogens is 1. The highest BCUT2D eigenvalue weighted by atomic mass is 19.1. The van der Waals surface area contributed by atoms with Crippen molar-refractivity contribution < 1.29 is 9.13 Å². The number of aromatic nitrogens is 1. The minimum atomic E-state index is -0.395. The molecule has 2 fully saturated rings. The molecule has 0 amide bonds. The fraction of sp³-hybridized carbons (Fsp3) is 0.615. The van der Waals surface area contributed by atoms with Gasteiger partial charge >= 0.3 is 0 Å². The molecule has 0 N–H and O–H groups in total. The minimum absolute atomic E-state index is 0.310. The maximum absolute atomic E-state index is 13.3. The van der Waals surface area contributed by atoms with Gasteiger partial charge in [-0.1, -0.05) is 19.9 Å². The van der Waals surface area contributed by atoms with Gasteiger partial charge in [0, 0.05) is 6.54 Å². The summed E-state index contributed by atoms with van der Waals surface area (Å²) in [6, 6.07) is 3.69. The van der Waals surface area contributed by atoms with Crippen molar-refractivity contribution in [3.8, 4) is 0 Å². The van der Waals surface area contributed by atoms with Crippen molar-refractivity contribution in [1.82, 2.24) is 4.98 Å². The SMILES string of the molecule is CC(C)c1ccc(F)nc1N1C[C@@H]2C[C@H]1CO2. The predicted molar refractivity (Wildman–Crippen MR) is 63.8 cm³/mol. The number of fused-ring (bicyclic) bond motifs is 2. The summed E-state index contributed by atoms with van der Waals surface area (Å²) in [7, 11) is 0. The summed E-state index contributed by atoms with van der Waals surface area (Å²) >= 11 is 0. The molecule has 1 aromatic rings. The second kappa shape index (κ2) is 3.95. The number of pyridine rings is 1. The van der Waals surface area contributed by atoms with Crippen molar-refractivity contribution in [3.05, 3.63) is 23.6 Å². The fourth-order valence-electron chi connectivity index (χ4n) is 2.78. The molecule has 2 atom stereocenters. The Kier molecular flexibility index (Phi) is 2.54.